The summed E-state index contributed by atoms with van der Waals surface area (Å²) in [5.74, 6) is 2.22. The summed E-state index contributed by atoms with van der Waals surface area (Å²) in [6.45, 7) is 2.19. The standard InChI is InChI=1S/C19H24O3S/c1-19-9-8-14-15(17(19)6-7-18(19)20)5-4-13-3-2-12(10-16(13)14)11-23(21)22/h2-3,10,14-15,17H,4-9,11H2,1H3,(H,21,22)/p-1. The molecule has 0 amide bonds. The van der Waals surface area contributed by atoms with E-state index in [1.165, 1.54) is 17.5 Å². The van der Waals surface area contributed by atoms with Crippen molar-refractivity contribution in [2.75, 3.05) is 0 Å². The number of benzene rings is 1. The van der Waals surface area contributed by atoms with E-state index < -0.39 is 11.1 Å². The first kappa shape index (κ1) is 15.5. The fraction of sp³-hybridized carbons (Fsp3) is 0.632. The molecule has 4 heteroatoms. The Labute approximate surface area is 140 Å². The number of carbonyl (C=O) groups excluding carboxylic acids is 1. The number of Topliss-reactive ketones (excluding diaryl/α,β-unsaturated/α-hetero) is 1. The van der Waals surface area contributed by atoms with Crippen LogP contribution < -0.4 is 0 Å². The summed E-state index contributed by atoms with van der Waals surface area (Å²) in [4.78, 5) is 12.4. The number of hydrogen-bond donors (Lipinski definition) is 0. The van der Waals surface area contributed by atoms with Gasteiger partial charge in [0.05, 0.1) is 0 Å². The molecule has 0 heterocycles. The van der Waals surface area contributed by atoms with Crippen LogP contribution in [-0.2, 0) is 28.0 Å². The van der Waals surface area contributed by atoms with E-state index >= 15 is 0 Å². The van der Waals surface area contributed by atoms with Gasteiger partial charge in [-0.1, -0.05) is 36.2 Å². The van der Waals surface area contributed by atoms with Gasteiger partial charge in [0.2, 0.25) is 0 Å². The molecule has 4 rings (SSSR count). The van der Waals surface area contributed by atoms with Crippen LogP contribution in [0.3, 0.4) is 0 Å². The van der Waals surface area contributed by atoms with Crippen molar-refractivity contribution in [1.29, 1.82) is 0 Å². The molecule has 5 atom stereocenters. The van der Waals surface area contributed by atoms with E-state index in [0.29, 0.717) is 23.5 Å². The van der Waals surface area contributed by atoms with E-state index in [2.05, 4.69) is 19.1 Å². The van der Waals surface area contributed by atoms with Crippen molar-refractivity contribution in [3.8, 4) is 0 Å². The van der Waals surface area contributed by atoms with E-state index in [9.17, 15) is 13.6 Å². The number of hydrogen-bond acceptors (Lipinski definition) is 3. The molecule has 1 aromatic carbocycles. The van der Waals surface area contributed by atoms with Crippen LogP contribution in [0.1, 0.15) is 61.6 Å². The zero-order valence-corrected chi connectivity index (χ0v) is 14.4. The smallest absolute Gasteiger partial charge is 0.139 e. The van der Waals surface area contributed by atoms with Gasteiger partial charge < -0.3 is 4.55 Å². The van der Waals surface area contributed by atoms with Crippen molar-refractivity contribution in [3.05, 3.63) is 34.9 Å². The van der Waals surface area contributed by atoms with Crippen LogP contribution in [0.4, 0.5) is 0 Å². The Morgan fingerprint density at radius 3 is 2.87 bits per heavy atom. The Balaban J connectivity index is 1.68. The first-order valence-electron chi connectivity index (χ1n) is 8.70. The predicted molar refractivity (Wildman–Crippen MR) is 88.7 cm³/mol. The van der Waals surface area contributed by atoms with E-state index in [-0.39, 0.29) is 11.2 Å². The van der Waals surface area contributed by atoms with Gasteiger partial charge in [0.15, 0.2) is 0 Å². The van der Waals surface area contributed by atoms with Gasteiger partial charge in [-0.3, -0.25) is 9.00 Å². The number of aryl methyl sites for hydroxylation is 1. The molecule has 0 radical (unpaired) electrons. The SMILES string of the molecule is CC12CCC3c4cc(CS(=O)[O-])ccc4CCC3C1CCC2=O. The van der Waals surface area contributed by atoms with Crippen LogP contribution in [0.2, 0.25) is 0 Å². The predicted octanol–water partition coefficient (Wildman–Crippen LogP) is 3.49. The van der Waals surface area contributed by atoms with Crippen LogP contribution in [0, 0.1) is 17.3 Å². The Morgan fingerprint density at radius 1 is 1.26 bits per heavy atom. The minimum Gasteiger partial charge on any atom is -0.772 e. The third-order valence-electron chi connectivity index (χ3n) is 6.79. The summed E-state index contributed by atoms with van der Waals surface area (Å²) in [6.07, 6.45) is 6.12. The Kier molecular flexibility index (Phi) is 3.73. The molecule has 2 saturated carbocycles. The van der Waals surface area contributed by atoms with Gasteiger partial charge in [-0.25, -0.2) is 0 Å². The first-order valence-corrected chi connectivity index (χ1v) is 9.94. The molecule has 0 spiro atoms. The van der Waals surface area contributed by atoms with Gasteiger partial charge in [-0.2, -0.15) is 0 Å². The fourth-order valence-electron chi connectivity index (χ4n) is 5.61. The zero-order valence-electron chi connectivity index (χ0n) is 13.5. The van der Waals surface area contributed by atoms with Crippen LogP contribution in [0.5, 0.6) is 0 Å². The second-order valence-corrected chi connectivity index (χ2v) is 8.71. The largest absolute Gasteiger partial charge is 0.772 e. The second kappa shape index (κ2) is 5.52. The molecule has 3 aliphatic rings. The third-order valence-corrected chi connectivity index (χ3v) is 7.36. The lowest BCUT2D eigenvalue weighted by Gasteiger charge is -2.48. The number of fused-ring (bicyclic) bond motifs is 5. The number of carbonyl (C=O) groups is 1. The topological polar surface area (TPSA) is 57.2 Å². The van der Waals surface area contributed by atoms with Gasteiger partial charge >= 0.3 is 0 Å². The van der Waals surface area contributed by atoms with Crippen molar-refractivity contribution in [2.45, 2.75) is 57.1 Å². The molecule has 2 fully saturated rings. The van der Waals surface area contributed by atoms with Crippen LogP contribution in [-0.4, -0.2) is 14.5 Å². The lowest BCUT2D eigenvalue weighted by Crippen LogP contribution is -2.42. The van der Waals surface area contributed by atoms with E-state index in [0.717, 1.165) is 37.7 Å². The number of ketones is 1. The Hall–Kier alpha value is -1.00. The monoisotopic (exact) mass is 331 g/mol. The molecular formula is C19H23O3S-. The summed E-state index contributed by atoms with van der Waals surface area (Å²) < 4.78 is 22.0. The maximum atomic E-state index is 12.4. The van der Waals surface area contributed by atoms with Crippen LogP contribution >= 0.6 is 0 Å². The highest BCUT2D eigenvalue weighted by Gasteiger charge is 2.54. The summed E-state index contributed by atoms with van der Waals surface area (Å²) in [5.41, 5.74) is 3.56. The van der Waals surface area contributed by atoms with Gasteiger partial charge in [-0.15, -0.1) is 0 Å². The third kappa shape index (κ3) is 2.42. The van der Waals surface area contributed by atoms with Gasteiger partial charge in [0.25, 0.3) is 0 Å². The average Bonchev–Trinajstić information content (AvgIpc) is 2.82. The fourth-order valence-corrected chi connectivity index (χ4v) is 6.06. The highest BCUT2D eigenvalue weighted by atomic mass is 32.2. The molecule has 124 valence electrons. The maximum absolute atomic E-state index is 12.4. The van der Waals surface area contributed by atoms with Gasteiger partial charge in [0.1, 0.15) is 5.78 Å². The molecular weight excluding hydrogens is 308 g/mol. The Morgan fingerprint density at radius 2 is 2.09 bits per heavy atom. The lowest BCUT2D eigenvalue weighted by atomic mass is 9.55. The van der Waals surface area contributed by atoms with E-state index in [1.807, 2.05) is 6.07 Å². The van der Waals surface area contributed by atoms with Crippen molar-refractivity contribution in [2.24, 2.45) is 17.3 Å². The number of rotatable bonds is 2. The van der Waals surface area contributed by atoms with Gasteiger partial charge in [0, 0.05) is 17.6 Å². The van der Waals surface area contributed by atoms with Crippen molar-refractivity contribution < 1.29 is 13.6 Å². The highest BCUT2D eigenvalue weighted by molar-refractivity contribution is 7.78. The molecule has 5 unspecified atom stereocenters. The van der Waals surface area contributed by atoms with Crippen LogP contribution in [0.15, 0.2) is 18.2 Å². The molecule has 1 aromatic rings. The average molecular weight is 331 g/mol. The summed E-state index contributed by atoms with van der Waals surface area (Å²) in [5, 5.41) is 0. The minimum atomic E-state index is -2.04. The van der Waals surface area contributed by atoms with Crippen molar-refractivity contribution in [1.82, 2.24) is 0 Å². The molecule has 3 aliphatic carbocycles. The molecule has 0 N–H and O–H groups in total. The summed E-state index contributed by atoms with van der Waals surface area (Å²) >= 11 is -2.04. The normalized spacial score (nSPS) is 37.0. The van der Waals surface area contributed by atoms with E-state index in [1.54, 1.807) is 0 Å². The minimum absolute atomic E-state index is 0.0905. The maximum Gasteiger partial charge on any atom is 0.139 e. The molecule has 0 bridgehead atoms. The van der Waals surface area contributed by atoms with Gasteiger partial charge in [-0.05, 0) is 66.5 Å². The summed E-state index contributed by atoms with van der Waals surface area (Å²) in [7, 11) is 0. The van der Waals surface area contributed by atoms with Crippen molar-refractivity contribution >= 4 is 16.9 Å². The lowest BCUT2D eigenvalue weighted by molar-refractivity contribution is -0.129. The second-order valence-electron chi connectivity index (χ2n) is 7.81. The highest BCUT2D eigenvalue weighted by Crippen LogP contribution is 2.59. The van der Waals surface area contributed by atoms with E-state index in [4.69, 9.17) is 0 Å². The van der Waals surface area contributed by atoms with Crippen LogP contribution in [0.25, 0.3) is 0 Å². The quantitative estimate of drug-likeness (QED) is 0.780. The van der Waals surface area contributed by atoms with Crippen molar-refractivity contribution in [3.63, 3.8) is 0 Å². The summed E-state index contributed by atoms with van der Waals surface area (Å²) in [6, 6.07) is 6.21. The molecule has 0 saturated heterocycles. The first-order chi connectivity index (χ1) is 11.0. The Bertz CT molecular complexity index is 683. The molecule has 0 aromatic heterocycles. The zero-order chi connectivity index (χ0) is 16.2. The molecule has 23 heavy (non-hydrogen) atoms. The molecule has 0 aliphatic heterocycles. The molecule has 3 nitrogen and oxygen atoms in total.